The van der Waals surface area contributed by atoms with Crippen LogP contribution < -0.4 is 0 Å². The first-order valence-electron chi connectivity index (χ1n) is 22.6. The van der Waals surface area contributed by atoms with Crippen molar-refractivity contribution in [2.24, 2.45) is 0 Å². The van der Waals surface area contributed by atoms with Gasteiger partial charge in [0.25, 0.3) is 0 Å². The Hall–Kier alpha value is -8.57. The molecule has 9 aromatic carbocycles. The van der Waals surface area contributed by atoms with Crippen LogP contribution in [0.15, 0.2) is 249 Å². The Balaban J connectivity index is 1.04. The lowest BCUT2D eigenvalue weighted by Gasteiger charge is -2.23. The molecule has 0 N–H and O–H groups in total. The fraction of sp³-hybridized carbons (Fsp3) is 0. The number of nitrogens with zero attached hydrogens (tertiary/aromatic N) is 3. The third-order valence-corrected chi connectivity index (χ3v) is 13.7. The number of rotatable bonds is 9. The van der Waals surface area contributed by atoms with Crippen LogP contribution >= 0.6 is 11.3 Å². The highest BCUT2D eigenvalue weighted by Gasteiger charge is 2.25. The average molecular weight is 872 g/mol. The van der Waals surface area contributed by atoms with Crippen molar-refractivity contribution in [2.45, 2.75) is 0 Å². The topological polar surface area (TPSA) is 38.7 Å². The molecule has 0 spiro atoms. The van der Waals surface area contributed by atoms with Crippen molar-refractivity contribution in [2.75, 3.05) is 0 Å². The zero-order chi connectivity index (χ0) is 44.5. The number of hydrogen-bond acceptors (Lipinski definition) is 4. The Morgan fingerprint density at radius 2 is 0.701 bits per heavy atom. The van der Waals surface area contributed by atoms with E-state index in [2.05, 4.69) is 243 Å². The van der Waals surface area contributed by atoms with E-state index in [0.29, 0.717) is 5.82 Å². The van der Waals surface area contributed by atoms with Gasteiger partial charge in [0.2, 0.25) is 0 Å². The van der Waals surface area contributed by atoms with E-state index >= 15 is 0 Å². The maximum absolute atomic E-state index is 5.62. The van der Waals surface area contributed by atoms with E-state index in [1.165, 1.54) is 25.7 Å². The highest BCUT2D eigenvalue weighted by molar-refractivity contribution is 7.26. The van der Waals surface area contributed by atoms with Crippen molar-refractivity contribution in [3.8, 4) is 101 Å². The van der Waals surface area contributed by atoms with Gasteiger partial charge in [-0.15, -0.1) is 11.3 Å². The molecule has 0 fully saturated rings. The lowest BCUT2D eigenvalue weighted by molar-refractivity contribution is 1.18. The Labute approximate surface area is 394 Å². The van der Waals surface area contributed by atoms with Gasteiger partial charge in [-0.25, -0.2) is 15.0 Å². The first-order valence-corrected chi connectivity index (χ1v) is 23.4. The van der Waals surface area contributed by atoms with Crippen molar-refractivity contribution in [3.63, 3.8) is 0 Å². The van der Waals surface area contributed by atoms with Crippen LogP contribution in [0, 0.1) is 0 Å². The van der Waals surface area contributed by atoms with Crippen LogP contribution in [0.5, 0.6) is 0 Å². The van der Waals surface area contributed by atoms with Gasteiger partial charge in [0, 0.05) is 64.7 Å². The van der Waals surface area contributed by atoms with E-state index in [4.69, 9.17) is 15.0 Å². The summed E-state index contributed by atoms with van der Waals surface area (Å²) in [6, 6.07) is 88.0. The lowest BCUT2D eigenvalue weighted by atomic mass is 9.83. The van der Waals surface area contributed by atoms with Gasteiger partial charge < -0.3 is 0 Å². The highest BCUT2D eigenvalue weighted by atomic mass is 32.1. The van der Waals surface area contributed by atoms with E-state index in [1.807, 2.05) is 17.4 Å². The molecule has 3 aromatic heterocycles. The Morgan fingerprint density at radius 1 is 0.269 bits per heavy atom. The van der Waals surface area contributed by atoms with Crippen molar-refractivity contribution in [1.82, 2.24) is 15.0 Å². The third-order valence-electron chi connectivity index (χ3n) is 12.5. The SMILES string of the molecule is c1ccc(-c2cc(-c3cccc(-c4cccc5c4sc4ccccc45)c3)nc(-c3ccc(-c4c(-c5ccccc5)c(-c5ccccc5)nc(-c5ccccc5)c4-c4ccccc4)cc3)n2)cc1. The molecule has 0 radical (unpaired) electrons. The summed E-state index contributed by atoms with van der Waals surface area (Å²) in [5.74, 6) is 0.663. The summed E-state index contributed by atoms with van der Waals surface area (Å²) in [6.07, 6.45) is 0. The minimum atomic E-state index is 0.663. The normalized spacial score (nSPS) is 11.3. The monoisotopic (exact) mass is 871 g/mol. The summed E-state index contributed by atoms with van der Waals surface area (Å²) in [7, 11) is 0. The minimum absolute atomic E-state index is 0.663. The molecular formula is C63H41N3S. The molecule has 0 unspecified atom stereocenters. The van der Waals surface area contributed by atoms with Crippen molar-refractivity contribution >= 4 is 31.5 Å². The number of thiophene rings is 1. The molecule has 3 heterocycles. The van der Waals surface area contributed by atoms with Gasteiger partial charge in [0.05, 0.1) is 22.8 Å². The van der Waals surface area contributed by atoms with Gasteiger partial charge in [-0.05, 0) is 46.0 Å². The maximum atomic E-state index is 5.62. The summed E-state index contributed by atoms with van der Waals surface area (Å²) in [6.45, 7) is 0. The second-order valence-corrected chi connectivity index (χ2v) is 17.7. The van der Waals surface area contributed by atoms with Gasteiger partial charge in [0.1, 0.15) is 0 Å². The number of fused-ring (bicyclic) bond motifs is 3. The molecule has 0 saturated heterocycles. The summed E-state index contributed by atoms with van der Waals surface area (Å²) in [5, 5.41) is 2.58. The van der Waals surface area contributed by atoms with Gasteiger partial charge in [-0.1, -0.05) is 231 Å². The molecule has 314 valence electrons. The molecule has 3 nitrogen and oxygen atoms in total. The van der Waals surface area contributed by atoms with Crippen LogP contribution in [0.25, 0.3) is 121 Å². The molecular weight excluding hydrogens is 831 g/mol. The van der Waals surface area contributed by atoms with Crippen LogP contribution in [0.1, 0.15) is 0 Å². The second kappa shape index (κ2) is 17.4. The Kier molecular flexibility index (Phi) is 10.4. The van der Waals surface area contributed by atoms with E-state index in [-0.39, 0.29) is 0 Å². The highest BCUT2D eigenvalue weighted by Crippen LogP contribution is 2.49. The number of pyridine rings is 1. The summed E-state index contributed by atoms with van der Waals surface area (Å²) < 4.78 is 2.59. The lowest BCUT2D eigenvalue weighted by Crippen LogP contribution is -2.01. The van der Waals surface area contributed by atoms with Crippen LogP contribution in [-0.4, -0.2) is 15.0 Å². The van der Waals surface area contributed by atoms with Gasteiger partial charge in [-0.2, -0.15) is 0 Å². The first-order chi connectivity index (χ1) is 33.2. The van der Waals surface area contributed by atoms with Gasteiger partial charge in [-0.3, -0.25) is 0 Å². The van der Waals surface area contributed by atoms with E-state index in [1.54, 1.807) is 0 Å². The quantitative estimate of drug-likeness (QED) is 0.145. The average Bonchev–Trinajstić information content (AvgIpc) is 3.81. The molecule has 0 aliphatic rings. The summed E-state index contributed by atoms with van der Waals surface area (Å²) in [4.78, 5) is 16.2. The minimum Gasteiger partial charge on any atom is -0.246 e. The van der Waals surface area contributed by atoms with E-state index in [0.717, 1.165) is 89.5 Å². The molecule has 12 rings (SSSR count). The zero-order valence-electron chi connectivity index (χ0n) is 36.4. The van der Waals surface area contributed by atoms with Crippen molar-refractivity contribution in [3.05, 3.63) is 249 Å². The summed E-state index contributed by atoms with van der Waals surface area (Å²) >= 11 is 1.85. The molecule has 0 aliphatic heterocycles. The smallest absolute Gasteiger partial charge is 0.160 e. The second-order valence-electron chi connectivity index (χ2n) is 16.7. The van der Waals surface area contributed by atoms with E-state index < -0.39 is 0 Å². The summed E-state index contributed by atoms with van der Waals surface area (Å²) in [5.41, 5.74) is 17.6. The first kappa shape index (κ1) is 40.0. The van der Waals surface area contributed by atoms with E-state index in [9.17, 15) is 0 Å². The molecule has 67 heavy (non-hydrogen) atoms. The number of aromatic nitrogens is 3. The zero-order valence-corrected chi connectivity index (χ0v) is 37.2. The molecule has 0 saturated carbocycles. The fourth-order valence-electron chi connectivity index (χ4n) is 9.34. The maximum Gasteiger partial charge on any atom is 0.160 e. The molecule has 0 amide bonds. The standard InChI is InChI=1S/C63H41N3S/c1-6-20-42(21-7-1)54-41-55(50-31-18-30-49(40-50)51-33-19-34-53-52-32-16-17-35-56(52)67-62(51)53)65-63(64-54)48-38-36-45(37-39-48)57-58(43-22-8-2-9-23-43)60(46-26-12-4-13-27-46)66-61(47-28-14-5-15-29-47)59(57)44-24-10-3-11-25-44/h1-41H. The molecule has 0 atom stereocenters. The number of hydrogen-bond donors (Lipinski definition) is 0. The Morgan fingerprint density at radius 3 is 1.30 bits per heavy atom. The largest absolute Gasteiger partial charge is 0.246 e. The third kappa shape index (κ3) is 7.59. The van der Waals surface area contributed by atoms with Crippen molar-refractivity contribution in [1.29, 1.82) is 0 Å². The van der Waals surface area contributed by atoms with Gasteiger partial charge in [0.15, 0.2) is 5.82 Å². The van der Waals surface area contributed by atoms with Crippen LogP contribution in [0.3, 0.4) is 0 Å². The molecule has 0 aliphatic carbocycles. The number of benzene rings is 9. The van der Waals surface area contributed by atoms with Crippen LogP contribution in [0.4, 0.5) is 0 Å². The Bertz CT molecular complexity index is 3600. The molecule has 4 heteroatoms. The van der Waals surface area contributed by atoms with Crippen LogP contribution in [-0.2, 0) is 0 Å². The fourth-order valence-corrected chi connectivity index (χ4v) is 10.6. The van der Waals surface area contributed by atoms with Crippen LogP contribution in [0.2, 0.25) is 0 Å². The predicted molar refractivity (Wildman–Crippen MR) is 282 cm³/mol. The molecule has 0 bridgehead atoms. The predicted octanol–water partition coefficient (Wildman–Crippen LogP) is 17.2. The van der Waals surface area contributed by atoms with Gasteiger partial charge >= 0.3 is 0 Å². The molecule has 12 aromatic rings. The van der Waals surface area contributed by atoms with Crippen molar-refractivity contribution < 1.29 is 0 Å².